The van der Waals surface area contributed by atoms with Crippen molar-refractivity contribution in [2.24, 2.45) is 0 Å². The lowest BCUT2D eigenvalue weighted by molar-refractivity contribution is 0.102. The number of carbonyl (C=O) groups excluding carboxylic acids is 1. The van der Waals surface area contributed by atoms with Gasteiger partial charge in [0.25, 0.3) is 11.5 Å². The molecule has 0 saturated carbocycles. The van der Waals surface area contributed by atoms with Crippen LogP contribution in [-0.2, 0) is 6.54 Å². The predicted molar refractivity (Wildman–Crippen MR) is 112 cm³/mol. The molecule has 0 aliphatic rings. The second-order valence-electron chi connectivity index (χ2n) is 6.89. The summed E-state index contributed by atoms with van der Waals surface area (Å²) in [6.45, 7) is 1.75. The summed E-state index contributed by atoms with van der Waals surface area (Å²) in [4.78, 5) is 30.3. The van der Waals surface area contributed by atoms with Gasteiger partial charge < -0.3 is 10.4 Å². The van der Waals surface area contributed by atoms with E-state index in [4.69, 9.17) is 0 Å². The number of fused-ring (bicyclic) bond motifs is 1. The van der Waals surface area contributed by atoms with Crippen LogP contribution in [0.1, 0.15) is 21.5 Å². The van der Waals surface area contributed by atoms with Crippen LogP contribution >= 0.6 is 0 Å². The monoisotopic (exact) mass is 403 g/mol. The molecule has 2 aromatic carbocycles. The number of nitrogens with zero attached hydrogens (tertiary/aromatic N) is 2. The SMILES string of the molecule is Cc1cc(NC(=O)c2c(O)c3cccnc3n(Cc3ccccc3)c2=O)ccc1F. The fourth-order valence-corrected chi connectivity index (χ4v) is 3.30. The molecule has 4 aromatic rings. The number of pyridine rings is 2. The molecule has 2 aromatic heterocycles. The predicted octanol–water partition coefficient (Wildman–Crippen LogP) is 3.85. The maximum absolute atomic E-state index is 13.5. The molecule has 2 N–H and O–H groups in total. The number of anilines is 1. The number of rotatable bonds is 4. The van der Waals surface area contributed by atoms with E-state index < -0.39 is 28.6 Å². The van der Waals surface area contributed by atoms with Crippen molar-refractivity contribution in [1.82, 2.24) is 9.55 Å². The lowest BCUT2D eigenvalue weighted by Gasteiger charge is -2.14. The van der Waals surface area contributed by atoms with Gasteiger partial charge in [-0.25, -0.2) is 9.37 Å². The Morgan fingerprint density at radius 1 is 1.13 bits per heavy atom. The fourth-order valence-electron chi connectivity index (χ4n) is 3.30. The van der Waals surface area contributed by atoms with Crippen LogP contribution in [0.3, 0.4) is 0 Å². The first kappa shape index (κ1) is 19.3. The minimum atomic E-state index is -0.781. The molecule has 2 heterocycles. The summed E-state index contributed by atoms with van der Waals surface area (Å²) in [5, 5.41) is 13.5. The molecule has 6 nitrogen and oxygen atoms in total. The standard InChI is InChI=1S/C23H18FN3O3/c1-14-12-16(9-10-18(14)24)26-22(29)19-20(28)17-8-5-11-25-21(17)27(23(19)30)13-15-6-3-2-4-7-15/h2-12,28H,13H2,1H3,(H,26,29). The summed E-state index contributed by atoms with van der Waals surface area (Å²) < 4.78 is 14.9. The first-order valence-corrected chi connectivity index (χ1v) is 9.27. The Morgan fingerprint density at radius 3 is 2.63 bits per heavy atom. The summed E-state index contributed by atoms with van der Waals surface area (Å²) in [7, 11) is 0. The number of hydrogen-bond acceptors (Lipinski definition) is 4. The van der Waals surface area contributed by atoms with E-state index in [1.807, 2.05) is 30.3 Å². The number of aromatic nitrogens is 2. The maximum Gasteiger partial charge on any atom is 0.269 e. The van der Waals surface area contributed by atoms with Crippen molar-refractivity contribution in [3.8, 4) is 5.75 Å². The molecule has 0 unspecified atom stereocenters. The van der Waals surface area contributed by atoms with Crippen LogP contribution in [0, 0.1) is 12.7 Å². The molecule has 7 heteroatoms. The van der Waals surface area contributed by atoms with E-state index in [9.17, 15) is 19.1 Å². The highest BCUT2D eigenvalue weighted by molar-refractivity contribution is 6.08. The third kappa shape index (κ3) is 3.53. The van der Waals surface area contributed by atoms with Gasteiger partial charge in [-0.2, -0.15) is 0 Å². The van der Waals surface area contributed by atoms with E-state index in [2.05, 4.69) is 10.3 Å². The Kier molecular flexibility index (Phi) is 5.02. The smallest absolute Gasteiger partial charge is 0.269 e. The van der Waals surface area contributed by atoms with Crippen molar-refractivity contribution in [2.45, 2.75) is 13.5 Å². The largest absolute Gasteiger partial charge is 0.506 e. The Balaban J connectivity index is 1.84. The Morgan fingerprint density at radius 2 is 1.90 bits per heavy atom. The fraction of sp³-hybridized carbons (Fsp3) is 0.0870. The van der Waals surface area contributed by atoms with Gasteiger partial charge in [-0.1, -0.05) is 30.3 Å². The van der Waals surface area contributed by atoms with Crippen molar-refractivity contribution in [2.75, 3.05) is 5.32 Å². The van der Waals surface area contributed by atoms with Gasteiger partial charge >= 0.3 is 0 Å². The third-order valence-corrected chi connectivity index (χ3v) is 4.82. The molecule has 30 heavy (non-hydrogen) atoms. The van der Waals surface area contributed by atoms with Gasteiger partial charge in [0.15, 0.2) is 0 Å². The second-order valence-corrected chi connectivity index (χ2v) is 6.89. The number of halogens is 1. The normalized spacial score (nSPS) is 10.9. The summed E-state index contributed by atoms with van der Waals surface area (Å²) in [6, 6.07) is 16.6. The van der Waals surface area contributed by atoms with Gasteiger partial charge in [0, 0.05) is 11.9 Å². The quantitative estimate of drug-likeness (QED) is 0.542. The average molecular weight is 403 g/mol. The molecule has 0 atom stereocenters. The molecule has 0 aliphatic heterocycles. The Bertz CT molecular complexity index is 1320. The van der Waals surface area contributed by atoms with Crippen molar-refractivity contribution in [3.63, 3.8) is 0 Å². The molecule has 0 spiro atoms. The van der Waals surface area contributed by atoms with Gasteiger partial charge in [0.05, 0.1) is 11.9 Å². The zero-order valence-corrected chi connectivity index (χ0v) is 16.1. The number of amides is 1. The zero-order valence-electron chi connectivity index (χ0n) is 16.1. The summed E-state index contributed by atoms with van der Waals surface area (Å²) in [5.41, 5.74) is 0.725. The second kappa shape index (κ2) is 7.79. The number of nitrogens with one attached hydrogen (secondary N) is 1. The highest BCUT2D eigenvalue weighted by Gasteiger charge is 2.23. The lowest BCUT2D eigenvalue weighted by atomic mass is 10.1. The van der Waals surface area contributed by atoms with Crippen LogP contribution < -0.4 is 10.9 Å². The maximum atomic E-state index is 13.5. The van der Waals surface area contributed by atoms with Gasteiger partial charge in [-0.15, -0.1) is 0 Å². The molecule has 150 valence electrons. The highest BCUT2D eigenvalue weighted by atomic mass is 19.1. The zero-order chi connectivity index (χ0) is 21.3. The summed E-state index contributed by atoms with van der Waals surface area (Å²) in [5.74, 6) is -1.63. The van der Waals surface area contributed by atoms with Crippen molar-refractivity contribution in [3.05, 3.63) is 99.7 Å². The Hall–Kier alpha value is -4.00. The van der Waals surface area contributed by atoms with Gasteiger partial charge in [0.2, 0.25) is 0 Å². The first-order valence-electron chi connectivity index (χ1n) is 9.27. The molecule has 0 bridgehead atoms. The number of benzene rings is 2. The van der Waals surface area contributed by atoms with E-state index in [0.717, 1.165) is 5.56 Å². The molecular weight excluding hydrogens is 385 g/mol. The number of aryl methyl sites for hydroxylation is 1. The van der Waals surface area contributed by atoms with E-state index >= 15 is 0 Å². The van der Waals surface area contributed by atoms with Crippen LogP contribution in [0.2, 0.25) is 0 Å². The molecule has 4 rings (SSSR count). The molecule has 0 radical (unpaired) electrons. The van der Waals surface area contributed by atoms with Crippen LogP contribution in [0.25, 0.3) is 11.0 Å². The van der Waals surface area contributed by atoms with Crippen molar-refractivity contribution >= 4 is 22.6 Å². The molecular formula is C23H18FN3O3. The van der Waals surface area contributed by atoms with Crippen LogP contribution in [0.15, 0.2) is 71.7 Å². The van der Waals surface area contributed by atoms with Gasteiger partial charge in [-0.3, -0.25) is 14.2 Å². The van der Waals surface area contributed by atoms with Crippen molar-refractivity contribution in [1.29, 1.82) is 0 Å². The number of aromatic hydroxyl groups is 1. The van der Waals surface area contributed by atoms with Crippen molar-refractivity contribution < 1.29 is 14.3 Å². The summed E-state index contributed by atoms with van der Waals surface area (Å²) >= 11 is 0. The lowest BCUT2D eigenvalue weighted by Crippen LogP contribution is -2.30. The molecule has 0 fully saturated rings. The van der Waals surface area contributed by atoms with E-state index in [0.29, 0.717) is 11.3 Å². The van der Waals surface area contributed by atoms with Crippen LogP contribution in [0.5, 0.6) is 5.75 Å². The molecule has 0 aliphatic carbocycles. The molecule has 1 amide bonds. The highest BCUT2D eigenvalue weighted by Crippen LogP contribution is 2.26. The minimum Gasteiger partial charge on any atom is -0.506 e. The number of carbonyl (C=O) groups is 1. The van der Waals surface area contributed by atoms with E-state index in [-0.39, 0.29) is 17.6 Å². The van der Waals surface area contributed by atoms with Crippen LogP contribution in [0.4, 0.5) is 10.1 Å². The summed E-state index contributed by atoms with van der Waals surface area (Å²) in [6.07, 6.45) is 1.52. The van der Waals surface area contributed by atoms with E-state index in [1.54, 1.807) is 19.1 Å². The topological polar surface area (TPSA) is 84.2 Å². The van der Waals surface area contributed by atoms with Gasteiger partial charge in [-0.05, 0) is 48.4 Å². The van der Waals surface area contributed by atoms with E-state index in [1.165, 1.54) is 29.0 Å². The number of hydrogen-bond donors (Lipinski definition) is 2. The molecule has 0 saturated heterocycles. The van der Waals surface area contributed by atoms with Gasteiger partial charge in [0.1, 0.15) is 22.8 Å². The average Bonchev–Trinajstić information content (AvgIpc) is 2.74. The minimum absolute atomic E-state index is 0.184. The van der Waals surface area contributed by atoms with Crippen LogP contribution in [-0.4, -0.2) is 20.6 Å². The first-order chi connectivity index (χ1) is 14.5. The Labute approximate surface area is 171 Å². The third-order valence-electron chi connectivity index (χ3n) is 4.82.